The summed E-state index contributed by atoms with van der Waals surface area (Å²) in [6.07, 6.45) is 1.86. The molecule has 2 aromatic carbocycles. The number of carbonyl (C=O) groups excluding carboxylic acids is 1. The molecule has 0 aliphatic carbocycles. The van der Waals surface area contributed by atoms with Crippen molar-refractivity contribution in [2.24, 2.45) is 0 Å². The van der Waals surface area contributed by atoms with E-state index < -0.39 is 0 Å². The van der Waals surface area contributed by atoms with Gasteiger partial charge < -0.3 is 5.32 Å². The van der Waals surface area contributed by atoms with E-state index in [4.69, 9.17) is 0 Å². The lowest BCUT2D eigenvalue weighted by atomic mass is 10.1. The zero-order valence-electron chi connectivity index (χ0n) is 15.6. The number of carbonyl (C=O) groups is 1. The van der Waals surface area contributed by atoms with Crippen molar-refractivity contribution in [1.29, 1.82) is 0 Å². The third-order valence-electron chi connectivity index (χ3n) is 4.26. The molecule has 1 amide bonds. The summed E-state index contributed by atoms with van der Waals surface area (Å²) in [5, 5.41) is 10.5. The maximum absolute atomic E-state index is 12.4. The molecule has 0 unspecified atom stereocenters. The fraction of sp³-hybridized carbons (Fsp3) is 0.286. The van der Waals surface area contributed by atoms with E-state index >= 15 is 0 Å². The Bertz CT molecular complexity index is 851. The molecule has 140 valence electrons. The summed E-state index contributed by atoms with van der Waals surface area (Å²) in [7, 11) is 0. The van der Waals surface area contributed by atoms with Crippen molar-refractivity contribution in [3.63, 3.8) is 0 Å². The third-order valence-corrected chi connectivity index (χ3v) is 5.22. The normalized spacial score (nSPS) is 13.1. The van der Waals surface area contributed by atoms with Crippen LogP contribution in [-0.2, 0) is 11.2 Å². The van der Waals surface area contributed by atoms with Crippen LogP contribution in [0.1, 0.15) is 25.8 Å². The highest BCUT2D eigenvalue weighted by Crippen LogP contribution is 2.22. The number of aromatic nitrogens is 3. The van der Waals surface area contributed by atoms with Crippen LogP contribution in [0, 0.1) is 0 Å². The van der Waals surface area contributed by atoms with E-state index in [2.05, 4.69) is 32.6 Å². The molecule has 3 aromatic rings. The number of amides is 1. The van der Waals surface area contributed by atoms with Gasteiger partial charge in [0.1, 0.15) is 0 Å². The van der Waals surface area contributed by atoms with E-state index in [0.717, 1.165) is 18.4 Å². The summed E-state index contributed by atoms with van der Waals surface area (Å²) in [5.41, 5.74) is 2.26. The van der Waals surface area contributed by atoms with Crippen LogP contribution in [0.5, 0.6) is 0 Å². The largest absolute Gasteiger partial charge is 0.353 e. The minimum absolute atomic E-state index is 0.00613. The van der Waals surface area contributed by atoms with Gasteiger partial charge in [0.05, 0.1) is 5.25 Å². The number of hydrogen-bond donors (Lipinski definition) is 2. The van der Waals surface area contributed by atoms with Crippen molar-refractivity contribution in [3.05, 3.63) is 66.2 Å². The number of thioether (sulfide) groups is 1. The van der Waals surface area contributed by atoms with Crippen LogP contribution >= 0.6 is 11.8 Å². The number of benzene rings is 2. The van der Waals surface area contributed by atoms with Crippen LogP contribution < -0.4 is 5.32 Å². The van der Waals surface area contributed by atoms with Crippen molar-refractivity contribution in [2.45, 2.75) is 43.1 Å². The number of nitrogens with zero attached hydrogens (tertiary/aromatic N) is 2. The molecular weight excluding hydrogens is 356 g/mol. The van der Waals surface area contributed by atoms with E-state index in [-0.39, 0.29) is 17.2 Å². The van der Waals surface area contributed by atoms with Gasteiger partial charge >= 0.3 is 0 Å². The highest BCUT2D eigenvalue weighted by atomic mass is 32.2. The molecule has 0 fully saturated rings. The Hall–Kier alpha value is -2.60. The van der Waals surface area contributed by atoms with Crippen molar-refractivity contribution in [2.75, 3.05) is 0 Å². The van der Waals surface area contributed by atoms with Crippen molar-refractivity contribution >= 4 is 17.7 Å². The highest BCUT2D eigenvalue weighted by molar-refractivity contribution is 8.00. The minimum atomic E-state index is -0.261. The standard InChI is InChI=1S/C21H24N4OS/c1-15(13-14-17-9-5-3-6-10-17)22-20(26)16(2)27-21-23-19(24-25-21)18-11-7-4-8-12-18/h3-12,15-16H,13-14H2,1-2H3,(H,22,26)(H,23,24,25)/t15-,16-/m1/s1. The molecule has 1 heterocycles. The molecule has 27 heavy (non-hydrogen) atoms. The molecule has 0 spiro atoms. The van der Waals surface area contributed by atoms with Gasteiger partial charge in [-0.1, -0.05) is 72.4 Å². The van der Waals surface area contributed by atoms with E-state index in [1.165, 1.54) is 17.3 Å². The molecule has 0 aliphatic heterocycles. The Morgan fingerprint density at radius 1 is 1.07 bits per heavy atom. The molecule has 6 heteroatoms. The summed E-state index contributed by atoms with van der Waals surface area (Å²) < 4.78 is 0. The maximum atomic E-state index is 12.4. The predicted octanol–water partition coefficient (Wildman–Crippen LogP) is 4.09. The van der Waals surface area contributed by atoms with Crippen LogP contribution in [-0.4, -0.2) is 32.4 Å². The van der Waals surface area contributed by atoms with Crippen molar-refractivity contribution in [1.82, 2.24) is 20.5 Å². The van der Waals surface area contributed by atoms with Gasteiger partial charge in [0.15, 0.2) is 5.82 Å². The second-order valence-corrected chi connectivity index (χ2v) is 7.83. The van der Waals surface area contributed by atoms with Crippen molar-refractivity contribution < 1.29 is 4.79 Å². The first-order chi connectivity index (χ1) is 13.1. The lowest BCUT2D eigenvalue weighted by Gasteiger charge is -2.16. The Balaban J connectivity index is 1.48. The molecule has 1 aromatic heterocycles. The molecule has 2 N–H and O–H groups in total. The summed E-state index contributed by atoms with van der Waals surface area (Å²) in [6.45, 7) is 3.92. The van der Waals surface area contributed by atoms with Gasteiger partial charge in [0, 0.05) is 11.6 Å². The first kappa shape index (κ1) is 19.2. The highest BCUT2D eigenvalue weighted by Gasteiger charge is 2.19. The first-order valence-electron chi connectivity index (χ1n) is 9.10. The summed E-state index contributed by atoms with van der Waals surface area (Å²) in [6, 6.07) is 20.2. The van der Waals surface area contributed by atoms with Crippen LogP contribution in [0.15, 0.2) is 65.8 Å². The summed E-state index contributed by atoms with van der Waals surface area (Å²) in [4.78, 5) is 16.9. The van der Waals surface area contributed by atoms with E-state index in [9.17, 15) is 4.79 Å². The Kier molecular flexibility index (Phi) is 6.65. The molecule has 0 saturated carbocycles. The van der Waals surface area contributed by atoms with Gasteiger partial charge in [-0.2, -0.15) is 0 Å². The van der Waals surface area contributed by atoms with Crippen LogP contribution in [0.4, 0.5) is 0 Å². The van der Waals surface area contributed by atoms with Gasteiger partial charge in [0.25, 0.3) is 0 Å². The molecule has 0 aliphatic rings. The molecule has 0 radical (unpaired) electrons. The number of aromatic amines is 1. The summed E-state index contributed by atoms with van der Waals surface area (Å²) in [5.74, 6) is 0.716. The maximum Gasteiger partial charge on any atom is 0.233 e. The molecule has 0 saturated heterocycles. The zero-order valence-corrected chi connectivity index (χ0v) is 16.4. The predicted molar refractivity (Wildman–Crippen MR) is 110 cm³/mol. The Labute approximate surface area is 164 Å². The number of hydrogen-bond acceptors (Lipinski definition) is 4. The van der Waals surface area contributed by atoms with Gasteiger partial charge in [-0.25, -0.2) is 4.98 Å². The minimum Gasteiger partial charge on any atom is -0.353 e. The van der Waals surface area contributed by atoms with Gasteiger partial charge in [-0.05, 0) is 32.3 Å². The molecule has 0 bridgehead atoms. The monoisotopic (exact) mass is 380 g/mol. The molecular formula is C21H24N4OS. The lowest BCUT2D eigenvalue weighted by molar-refractivity contribution is -0.120. The second-order valence-electron chi connectivity index (χ2n) is 6.53. The fourth-order valence-electron chi connectivity index (χ4n) is 2.70. The van der Waals surface area contributed by atoms with Crippen molar-refractivity contribution in [3.8, 4) is 11.4 Å². The van der Waals surface area contributed by atoms with Crippen LogP contribution in [0.2, 0.25) is 0 Å². The van der Waals surface area contributed by atoms with E-state index in [0.29, 0.717) is 11.0 Å². The van der Waals surface area contributed by atoms with Gasteiger partial charge in [0.2, 0.25) is 11.1 Å². The topological polar surface area (TPSA) is 70.7 Å². The second kappa shape index (κ2) is 9.37. The average molecular weight is 381 g/mol. The smallest absolute Gasteiger partial charge is 0.233 e. The number of H-pyrrole nitrogens is 1. The Morgan fingerprint density at radius 3 is 2.44 bits per heavy atom. The third kappa shape index (κ3) is 5.69. The summed E-state index contributed by atoms with van der Waals surface area (Å²) >= 11 is 1.36. The van der Waals surface area contributed by atoms with Gasteiger partial charge in [-0.3, -0.25) is 9.89 Å². The van der Waals surface area contributed by atoms with Crippen LogP contribution in [0.25, 0.3) is 11.4 Å². The number of rotatable bonds is 8. The van der Waals surface area contributed by atoms with Gasteiger partial charge in [-0.15, -0.1) is 5.10 Å². The number of nitrogens with one attached hydrogen (secondary N) is 2. The van der Waals surface area contributed by atoms with E-state index in [1.807, 2.05) is 62.4 Å². The molecule has 2 atom stereocenters. The zero-order chi connectivity index (χ0) is 19.1. The number of aryl methyl sites for hydroxylation is 1. The quantitative estimate of drug-likeness (QED) is 0.578. The lowest BCUT2D eigenvalue weighted by Crippen LogP contribution is -2.37. The molecule has 3 rings (SSSR count). The van der Waals surface area contributed by atoms with Crippen LogP contribution in [0.3, 0.4) is 0 Å². The Morgan fingerprint density at radius 2 is 1.74 bits per heavy atom. The first-order valence-corrected chi connectivity index (χ1v) is 9.98. The average Bonchev–Trinajstić information content (AvgIpc) is 3.16. The fourth-order valence-corrected chi connectivity index (χ4v) is 3.43. The molecule has 5 nitrogen and oxygen atoms in total. The SMILES string of the molecule is C[C@H](CCc1ccccc1)NC(=O)[C@@H](C)Sc1n[nH]c(-c2ccccc2)n1. The van der Waals surface area contributed by atoms with E-state index in [1.54, 1.807) is 0 Å².